The van der Waals surface area contributed by atoms with Gasteiger partial charge < -0.3 is 10.2 Å². The Morgan fingerprint density at radius 2 is 1.56 bits per heavy atom. The van der Waals surface area contributed by atoms with Gasteiger partial charge in [-0.05, 0) is 67.0 Å². The summed E-state index contributed by atoms with van der Waals surface area (Å²) in [5.74, 6) is 0.550. The second-order valence-electron chi connectivity index (χ2n) is 9.82. The van der Waals surface area contributed by atoms with Gasteiger partial charge in [0.05, 0.1) is 0 Å². The van der Waals surface area contributed by atoms with E-state index in [1.54, 1.807) is 34.9 Å². The largest absolute Gasteiger partial charge is 0.352 e. The van der Waals surface area contributed by atoms with Gasteiger partial charge in [0.2, 0.25) is 11.8 Å². The molecule has 1 fully saturated rings. The number of halogens is 3. The molecule has 3 aromatic carbocycles. The molecule has 2 amide bonds. The first-order valence-corrected chi connectivity index (χ1v) is 15.5. The number of amides is 2. The standard InChI is InChI=1S/C31H33Cl3N2O2S/c32-23-15-17-25(18-16-23)39-19-7-14-30(37)36(21-26-27(33)12-6-13-28(26)34)29(20-22-8-2-1-3-9-22)31(38)35-24-10-4-5-11-24/h1-3,6,8-9,12-13,15-18,24,29H,4-5,7,10-11,14,19-21H2,(H,35,38)/t29-/m0/s1. The summed E-state index contributed by atoms with van der Waals surface area (Å²) in [5.41, 5.74) is 1.64. The van der Waals surface area contributed by atoms with E-state index in [1.165, 1.54) is 0 Å². The van der Waals surface area contributed by atoms with E-state index in [0.29, 0.717) is 39.9 Å². The molecule has 0 bridgehead atoms. The Hall–Kier alpha value is -2.18. The number of hydrogen-bond acceptors (Lipinski definition) is 3. The highest BCUT2D eigenvalue weighted by atomic mass is 35.5. The highest BCUT2D eigenvalue weighted by molar-refractivity contribution is 7.99. The van der Waals surface area contributed by atoms with Gasteiger partial charge in [-0.25, -0.2) is 0 Å². The second kappa shape index (κ2) is 15.0. The van der Waals surface area contributed by atoms with Crippen LogP contribution in [0.2, 0.25) is 15.1 Å². The Labute approximate surface area is 250 Å². The molecule has 0 radical (unpaired) electrons. The Morgan fingerprint density at radius 1 is 0.897 bits per heavy atom. The minimum atomic E-state index is -0.684. The Balaban J connectivity index is 1.55. The van der Waals surface area contributed by atoms with Gasteiger partial charge >= 0.3 is 0 Å². The molecular formula is C31H33Cl3N2O2S. The van der Waals surface area contributed by atoms with Crippen LogP contribution in [0.15, 0.2) is 77.7 Å². The zero-order valence-electron chi connectivity index (χ0n) is 21.8. The topological polar surface area (TPSA) is 49.4 Å². The van der Waals surface area contributed by atoms with E-state index < -0.39 is 6.04 Å². The molecule has 1 atom stereocenters. The quantitative estimate of drug-likeness (QED) is 0.168. The predicted molar refractivity (Wildman–Crippen MR) is 163 cm³/mol. The van der Waals surface area contributed by atoms with Crippen molar-refractivity contribution in [1.29, 1.82) is 0 Å². The highest BCUT2D eigenvalue weighted by Gasteiger charge is 2.32. The van der Waals surface area contributed by atoms with Crippen LogP contribution in [0.1, 0.15) is 49.7 Å². The van der Waals surface area contributed by atoms with Crippen LogP contribution in [0.25, 0.3) is 0 Å². The maximum absolute atomic E-state index is 13.8. The molecule has 1 N–H and O–H groups in total. The van der Waals surface area contributed by atoms with Crippen LogP contribution < -0.4 is 5.32 Å². The molecule has 39 heavy (non-hydrogen) atoms. The number of carbonyl (C=O) groups is 2. The molecule has 1 aliphatic rings. The second-order valence-corrected chi connectivity index (χ2v) is 12.2. The number of thioether (sulfide) groups is 1. The number of carbonyl (C=O) groups excluding carboxylic acids is 2. The van der Waals surface area contributed by atoms with Gasteiger partial charge in [0, 0.05) is 51.0 Å². The summed E-state index contributed by atoms with van der Waals surface area (Å²) >= 11 is 20.7. The lowest BCUT2D eigenvalue weighted by Crippen LogP contribution is -2.52. The monoisotopic (exact) mass is 602 g/mol. The van der Waals surface area contributed by atoms with Gasteiger partial charge in [-0.1, -0.05) is 84.0 Å². The van der Waals surface area contributed by atoms with E-state index in [9.17, 15) is 9.59 Å². The maximum atomic E-state index is 13.8. The molecule has 3 aromatic rings. The van der Waals surface area contributed by atoms with Gasteiger partial charge in [-0.15, -0.1) is 11.8 Å². The molecule has 0 heterocycles. The fourth-order valence-electron chi connectivity index (χ4n) is 4.86. The Kier molecular flexibility index (Phi) is 11.5. The average molecular weight is 604 g/mol. The third-order valence-corrected chi connectivity index (χ3v) is 9.04. The lowest BCUT2D eigenvalue weighted by Gasteiger charge is -2.33. The third kappa shape index (κ3) is 8.91. The lowest BCUT2D eigenvalue weighted by atomic mass is 10.0. The van der Waals surface area contributed by atoms with E-state index in [2.05, 4.69) is 5.32 Å². The van der Waals surface area contributed by atoms with Crippen molar-refractivity contribution >= 4 is 58.4 Å². The fourth-order valence-corrected chi connectivity index (χ4v) is 6.36. The van der Waals surface area contributed by atoms with Crippen molar-refractivity contribution in [3.8, 4) is 0 Å². The van der Waals surface area contributed by atoms with Crippen LogP contribution in [0.5, 0.6) is 0 Å². The molecule has 0 saturated heterocycles. The average Bonchev–Trinajstić information content (AvgIpc) is 3.44. The summed E-state index contributed by atoms with van der Waals surface area (Å²) in [7, 11) is 0. The molecule has 206 valence electrons. The van der Waals surface area contributed by atoms with E-state index in [0.717, 1.165) is 41.9 Å². The van der Waals surface area contributed by atoms with Crippen molar-refractivity contribution in [3.05, 3.63) is 99.0 Å². The van der Waals surface area contributed by atoms with Crippen molar-refractivity contribution in [2.45, 2.75) is 68.5 Å². The molecule has 4 nitrogen and oxygen atoms in total. The fraction of sp³-hybridized carbons (Fsp3) is 0.355. The van der Waals surface area contributed by atoms with Crippen molar-refractivity contribution in [3.63, 3.8) is 0 Å². The van der Waals surface area contributed by atoms with Gasteiger partial charge in [0.1, 0.15) is 6.04 Å². The van der Waals surface area contributed by atoms with Gasteiger partial charge in [0.25, 0.3) is 0 Å². The zero-order chi connectivity index (χ0) is 27.6. The molecule has 0 unspecified atom stereocenters. The molecular weight excluding hydrogens is 571 g/mol. The number of benzene rings is 3. The number of rotatable bonds is 12. The molecule has 0 aromatic heterocycles. The van der Waals surface area contributed by atoms with Crippen molar-refractivity contribution in [1.82, 2.24) is 10.2 Å². The predicted octanol–water partition coefficient (Wildman–Crippen LogP) is 8.22. The van der Waals surface area contributed by atoms with E-state index in [4.69, 9.17) is 34.8 Å². The van der Waals surface area contributed by atoms with Gasteiger partial charge in [0.15, 0.2) is 0 Å². The van der Waals surface area contributed by atoms with Crippen molar-refractivity contribution in [2.24, 2.45) is 0 Å². The van der Waals surface area contributed by atoms with Gasteiger partial charge in [-0.3, -0.25) is 9.59 Å². The zero-order valence-corrected chi connectivity index (χ0v) is 24.8. The first kappa shape index (κ1) is 29.8. The molecule has 0 aliphatic heterocycles. The minimum Gasteiger partial charge on any atom is -0.352 e. The van der Waals surface area contributed by atoms with Crippen LogP contribution in [0.3, 0.4) is 0 Å². The number of nitrogens with one attached hydrogen (secondary N) is 1. The normalized spacial score (nSPS) is 14.2. The summed E-state index contributed by atoms with van der Waals surface area (Å²) in [6, 6.07) is 22.3. The molecule has 8 heteroatoms. The van der Waals surface area contributed by atoms with E-state index in [-0.39, 0.29) is 24.4 Å². The summed E-state index contributed by atoms with van der Waals surface area (Å²) in [6.07, 6.45) is 5.54. The van der Waals surface area contributed by atoms with Gasteiger partial charge in [-0.2, -0.15) is 0 Å². The van der Waals surface area contributed by atoms with Crippen LogP contribution in [-0.4, -0.2) is 34.6 Å². The Bertz CT molecular complexity index is 1210. The van der Waals surface area contributed by atoms with Crippen LogP contribution in [0.4, 0.5) is 0 Å². The minimum absolute atomic E-state index is 0.0924. The highest BCUT2D eigenvalue weighted by Crippen LogP contribution is 2.28. The molecule has 0 spiro atoms. The molecule has 1 aliphatic carbocycles. The number of nitrogens with zero attached hydrogens (tertiary/aromatic N) is 1. The third-order valence-electron chi connectivity index (χ3n) is 6.98. The van der Waals surface area contributed by atoms with Crippen LogP contribution >= 0.6 is 46.6 Å². The molecule has 1 saturated carbocycles. The van der Waals surface area contributed by atoms with Crippen LogP contribution in [0, 0.1) is 0 Å². The van der Waals surface area contributed by atoms with Crippen molar-refractivity contribution in [2.75, 3.05) is 5.75 Å². The summed E-state index contributed by atoms with van der Waals surface area (Å²) < 4.78 is 0. The first-order chi connectivity index (χ1) is 18.9. The summed E-state index contributed by atoms with van der Waals surface area (Å²) in [6.45, 7) is 0.164. The van der Waals surface area contributed by atoms with E-state index >= 15 is 0 Å². The lowest BCUT2D eigenvalue weighted by molar-refractivity contribution is -0.141. The van der Waals surface area contributed by atoms with E-state index in [1.807, 2.05) is 54.6 Å². The number of hydrogen-bond donors (Lipinski definition) is 1. The first-order valence-electron chi connectivity index (χ1n) is 13.4. The summed E-state index contributed by atoms with van der Waals surface area (Å²) in [4.78, 5) is 30.4. The summed E-state index contributed by atoms with van der Waals surface area (Å²) in [5, 5.41) is 4.89. The SMILES string of the molecule is O=C(NC1CCCC1)[C@H](Cc1ccccc1)N(Cc1c(Cl)cccc1Cl)C(=O)CCCSc1ccc(Cl)cc1. The molecule has 4 rings (SSSR count). The Morgan fingerprint density at radius 3 is 2.23 bits per heavy atom. The van der Waals surface area contributed by atoms with Crippen molar-refractivity contribution < 1.29 is 9.59 Å². The van der Waals surface area contributed by atoms with Crippen LogP contribution in [-0.2, 0) is 22.6 Å². The maximum Gasteiger partial charge on any atom is 0.243 e. The smallest absolute Gasteiger partial charge is 0.243 e.